The van der Waals surface area contributed by atoms with E-state index in [0.717, 1.165) is 51.7 Å². The minimum Gasteiger partial charge on any atom is -0.389 e. The van der Waals surface area contributed by atoms with Crippen molar-refractivity contribution >= 4 is 0 Å². The van der Waals surface area contributed by atoms with Crippen molar-refractivity contribution in [2.75, 3.05) is 19.8 Å². The van der Waals surface area contributed by atoms with E-state index in [1.54, 1.807) is 0 Å². The van der Waals surface area contributed by atoms with Crippen LogP contribution < -0.4 is 5.73 Å². The number of ether oxygens (including phenoxy) is 1. The van der Waals surface area contributed by atoms with Crippen LogP contribution in [-0.2, 0) is 4.74 Å². The van der Waals surface area contributed by atoms with Gasteiger partial charge < -0.3 is 15.6 Å². The zero-order valence-corrected chi connectivity index (χ0v) is 12.0. The molecule has 2 aliphatic rings. The molecule has 3 heteroatoms. The quantitative estimate of drug-likeness (QED) is 0.745. The lowest BCUT2D eigenvalue weighted by atomic mass is 9.63. The molecule has 2 fully saturated rings. The first-order valence-corrected chi connectivity index (χ1v) is 7.43. The highest BCUT2D eigenvalue weighted by atomic mass is 16.5. The summed E-state index contributed by atoms with van der Waals surface area (Å²) >= 11 is 0. The average molecular weight is 255 g/mol. The first kappa shape index (κ1) is 14.3. The first-order chi connectivity index (χ1) is 8.43. The van der Waals surface area contributed by atoms with Gasteiger partial charge in [-0.05, 0) is 43.9 Å². The van der Waals surface area contributed by atoms with Gasteiger partial charge in [0, 0.05) is 25.2 Å². The summed E-state index contributed by atoms with van der Waals surface area (Å²) in [6.07, 6.45) is 7.08. The van der Waals surface area contributed by atoms with E-state index in [2.05, 4.69) is 13.8 Å². The van der Waals surface area contributed by atoms with Gasteiger partial charge in [-0.25, -0.2) is 0 Å². The molecule has 0 aromatic heterocycles. The number of hydrogen-bond acceptors (Lipinski definition) is 3. The Morgan fingerprint density at radius 3 is 2.28 bits per heavy atom. The Hall–Kier alpha value is -0.120. The van der Waals surface area contributed by atoms with Crippen molar-refractivity contribution in [2.24, 2.45) is 16.6 Å². The Morgan fingerprint density at radius 2 is 1.67 bits per heavy atom. The van der Waals surface area contributed by atoms with E-state index in [4.69, 9.17) is 10.5 Å². The smallest absolute Gasteiger partial charge is 0.0717 e. The van der Waals surface area contributed by atoms with E-state index in [0.29, 0.717) is 12.0 Å². The van der Waals surface area contributed by atoms with E-state index >= 15 is 0 Å². The lowest BCUT2D eigenvalue weighted by Crippen LogP contribution is -2.55. The van der Waals surface area contributed by atoms with Crippen LogP contribution >= 0.6 is 0 Å². The zero-order chi connectivity index (χ0) is 13.3. The van der Waals surface area contributed by atoms with Gasteiger partial charge in [0.15, 0.2) is 0 Å². The summed E-state index contributed by atoms with van der Waals surface area (Å²) in [5.41, 5.74) is 5.75. The van der Waals surface area contributed by atoms with E-state index in [1.807, 2.05) is 0 Å². The molecule has 0 bridgehead atoms. The van der Waals surface area contributed by atoms with Gasteiger partial charge in [-0.3, -0.25) is 0 Å². The van der Waals surface area contributed by atoms with Gasteiger partial charge in [0.05, 0.1) is 5.60 Å². The molecule has 18 heavy (non-hydrogen) atoms. The third-order valence-electron chi connectivity index (χ3n) is 5.49. The monoisotopic (exact) mass is 255 g/mol. The maximum atomic E-state index is 11.2. The van der Waals surface area contributed by atoms with Crippen LogP contribution in [0.3, 0.4) is 0 Å². The fourth-order valence-electron chi connectivity index (χ4n) is 3.81. The van der Waals surface area contributed by atoms with Crippen molar-refractivity contribution in [3.05, 3.63) is 0 Å². The fourth-order valence-corrected chi connectivity index (χ4v) is 3.81. The molecule has 106 valence electrons. The van der Waals surface area contributed by atoms with Crippen LogP contribution in [-0.4, -0.2) is 30.5 Å². The fraction of sp³-hybridized carbons (Fsp3) is 1.00. The van der Waals surface area contributed by atoms with Gasteiger partial charge in [0.25, 0.3) is 0 Å². The Balaban J connectivity index is 2.17. The normalized spacial score (nSPS) is 36.0. The lowest BCUT2D eigenvalue weighted by Gasteiger charge is -2.49. The summed E-state index contributed by atoms with van der Waals surface area (Å²) in [7, 11) is 0. The molecule has 1 heterocycles. The Labute approximate surface area is 111 Å². The second-order valence-electron chi connectivity index (χ2n) is 7.15. The van der Waals surface area contributed by atoms with Crippen LogP contribution in [0.15, 0.2) is 0 Å². The number of hydrogen-bond donors (Lipinski definition) is 2. The SMILES string of the molecule is CC1(C)CCCC(O)(C2(CN)CCOCC2)CC1. The van der Waals surface area contributed by atoms with Gasteiger partial charge >= 0.3 is 0 Å². The third kappa shape index (κ3) is 2.59. The molecular weight excluding hydrogens is 226 g/mol. The van der Waals surface area contributed by atoms with Gasteiger partial charge in [0.2, 0.25) is 0 Å². The molecule has 1 aliphatic heterocycles. The molecule has 0 spiro atoms. The summed E-state index contributed by atoms with van der Waals surface area (Å²) < 4.78 is 5.47. The second kappa shape index (κ2) is 5.10. The minimum atomic E-state index is -0.570. The summed E-state index contributed by atoms with van der Waals surface area (Å²) in [5, 5.41) is 11.2. The van der Waals surface area contributed by atoms with Crippen molar-refractivity contribution in [3.8, 4) is 0 Å². The summed E-state index contributed by atoms with van der Waals surface area (Å²) in [6, 6.07) is 0. The molecule has 0 radical (unpaired) electrons. The molecule has 1 atom stereocenters. The zero-order valence-electron chi connectivity index (χ0n) is 12.0. The predicted octanol–water partition coefficient (Wildman–Crippen LogP) is 2.46. The molecule has 3 N–H and O–H groups in total. The highest BCUT2D eigenvalue weighted by molar-refractivity contribution is 5.02. The molecule has 1 saturated carbocycles. The number of nitrogens with two attached hydrogens (primary N) is 1. The molecule has 0 amide bonds. The van der Waals surface area contributed by atoms with Crippen LogP contribution in [0.2, 0.25) is 0 Å². The molecule has 0 aromatic rings. The maximum absolute atomic E-state index is 11.2. The third-order valence-corrected chi connectivity index (χ3v) is 5.49. The van der Waals surface area contributed by atoms with Gasteiger partial charge in [-0.15, -0.1) is 0 Å². The number of aliphatic hydroxyl groups is 1. The molecule has 2 rings (SSSR count). The molecule has 1 aliphatic carbocycles. The summed E-state index contributed by atoms with van der Waals surface area (Å²) in [4.78, 5) is 0. The first-order valence-electron chi connectivity index (χ1n) is 7.43. The molecule has 0 aromatic carbocycles. The topological polar surface area (TPSA) is 55.5 Å². The average Bonchev–Trinajstić information content (AvgIpc) is 2.50. The molecule has 1 unspecified atom stereocenters. The van der Waals surface area contributed by atoms with E-state index < -0.39 is 5.60 Å². The van der Waals surface area contributed by atoms with E-state index in [-0.39, 0.29) is 5.41 Å². The molecular formula is C15H29NO2. The van der Waals surface area contributed by atoms with Crippen molar-refractivity contribution < 1.29 is 9.84 Å². The molecule has 3 nitrogen and oxygen atoms in total. The summed E-state index contributed by atoms with van der Waals surface area (Å²) in [5.74, 6) is 0. The predicted molar refractivity (Wildman–Crippen MR) is 73.4 cm³/mol. The summed E-state index contributed by atoms with van der Waals surface area (Å²) in [6.45, 7) is 6.73. The lowest BCUT2D eigenvalue weighted by molar-refractivity contribution is -0.137. The van der Waals surface area contributed by atoms with Crippen LogP contribution in [0.1, 0.15) is 58.8 Å². The molecule has 1 saturated heterocycles. The van der Waals surface area contributed by atoms with Crippen molar-refractivity contribution in [2.45, 2.75) is 64.4 Å². The Kier molecular flexibility index (Phi) is 4.05. The number of rotatable bonds is 2. The van der Waals surface area contributed by atoms with Crippen molar-refractivity contribution in [1.29, 1.82) is 0 Å². The van der Waals surface area contributed by atoms with Crippen LogP contribution in [0.4, 0.5) is 0 Å². The van der Waals surface area contributed by atoms with Crippen molar-refractivity contribution in [1.82, 2.24) is 0 Å². The van der Waals surface area contributed by atoms with Crippen LogP contribution in [0.5, 0.6) is 0 Å². The van der Waals surface area contributed by atoms with E-state index in [9.17, 15) is 5.11 Å². The van der Waals surface area contributed by atoms with E-state index in [1.165, 1.54) is 6.42 Å². The minimum absolute atomic E-state index is 0.105. The highest BCUT2D eigenvalue weighted by Crippen LogP contribution is 2.49. The van der Waals surface area contributed by atoms with Crippen LogP contribution in [0.25, 0.3) is 0 Å². The largest absolute Gasteiger partial charge is 0.389 e. The van der Waals surface area contributed by atoms with Gasteiger partial charge in [0.1, 0.15) is 0 Å². The standard InChI is InChI=1S/C15H29NO2/c1-13(2)4-3-5-15(17,7-6-13)14(12-16)8-10-18-11-9-14/h17H,3-12,16H2,1-2H3. The Bertz CT molecular complexity index is 284. The van der Waals surface area contributed by atoms with Crippen LogP contribution in [0, 0.1) is 10.8 Å². The Morgan fingerprint density at radius 1 is 1.00 bits per heavy atom. The second-order valence-corrected chi connectivity index (χ2v) is 7.15. The highest BCUT2D eigenvalue weighted by Gasteiger charge is 2.50. The van der Waals surface area contributed by atoms with Crippen molar-refractivity contribution in [3.63, 3.8) is 0 Å². The maximum Gasteiger partial charge on any atom is 0.0717 e. The van der Waals surface area contributed by atoms with Gasteiger partial charge in [-0.1, -0.05) is 20.3 Å². The van der Waals surface area contributed by atoms with Gasteiger partial charge in [-0.2, -0.15) is 0 Å².